The maximum absolute atomic E-state index is 12.4. The first kappa shape index (κ1) is 17.9. The van der Waals surface area contributed by atoms with Gasteiger partial charge in [-0.15, -0.1) is 0 Å². The van der Waals surface area contributed by atoms with Crippen molar-refractivity contribution in [1.29, 1.82) is 0 Å². The van der Waals surface area contributed by atoms with Gasteiger partial charge in [0.05, 0.1) is 5.69 Å². The van der Waals surface area contributed by atoms with Crippen molar-refractivity contribution in [2.24, 2.45) is 0 Å². The van der Waals surface area contributed by atoms with Crippen LogP contribution in [0.5, 0.6) is 0 Å². The average Bonchev–Trinajstić information content (AvgIpc) is 2.64. The molecule has 2 heterocycles. The van der Waals surface area contributed by atoms with E-state index < -0.39 is 0 Å². The first-order valence-electron chi connectivity index (χ1n) is 8.66. The summed E-state index contributed by atoms with van der Waals surface area (Å²) in [5.41, 5.74) is 2.46. The maximum Gasteiger partial charge on any atom is 0.321 e. The fourth-order valence-corrected chi connectivity index (χ4v) is 2.87. The van der Waals surface area contributed by atoms with E-state index in [0.29, 0.717) is 24.5 Å². The van der Waals surface area contributed by atoms with Crippen molar-refractivity contribution >= 4 is 23.3 Å². The molecule has 0 spiro atoms. The smallest absolute Gasteiger partial charge is 0.321 e. The largest absolute Gasteiger partial charge is 0.326 e. The topological polar surface area (TPSA) is 77.6 Å². The van der Waals surface area contributed by atoms with Gasteiger partial charge in [0.2, 0.25) is 5.91 Å². The molecule has 0 aliphatic carbocycles. The zero-order valence-electron chi connectivity index (χ0n) is 14.8. The number of piperazine rings is 1. The van der Waals surface area contributed by atoms with Gasteiger partial charge in [-0.1, -0.05) is 6.07 Å². The second kappa shape index (κ2) is 8.44. The van der Waals surface area contributed by atoms with Gasteiger partial charge >= 0.3 is 6.03 Å². The molecule has 7 heteroatoms. The molecule has 0 unspecified atom stereocenters. The van der Waals surface area contributed by atoms with E-state index in [0.717, 1.165) is 25.3 Å². The summed E-state index contributed by atoms with van der Waals surface area (Å²) in [6, 6.07) is 12.9. The summed E-state index contributed by atoms with van der Waals surface area (Å²) in [5, 5.41) is 5.60. The number of urea groups is 1. The lowest BCUT2D eigenvalue weighted by molar-refractivity contribution is -0.114. The Balaban J connectivity index is 1.47. The number of aromatic nitrogens is 1. The first-order chi connectivity index (χ1) is 12.6. The molecule has 1 saturated heterocycles. The van der Waals surface area contributed by atoms with Crippen molar-refractivity contribution < 1.29 is 9.59 Å². The fourth-order valence-electron chi connectivity index (χ4n) is 2.87. The van der Waals surface area contributed by atoms with Gasteiger partial charge in [0.15, 0.2) is 0 Å². The minimum atomic E-state index is -0.120. The lowest BCUT2D eigenvalue weighted by atomic mass is 10.2. The number of nitrogens with zero attached hydrogens (tertiary/aromatic N) is 3. The van der Waals surface area contributed by atoms with E-state index in [-0.39, 0.29) is 11.9 Å². The van der Waals surface area contributed by atoms with Gasteiger partial charge in [0.25, 0.3) is 0 Å². The molecule has 1 aromatic heterocycles. The van der Waals surface area contributed by atoms with Gasteiger partial charge in [0.1, 0.15) is 0 Å². The van der Waals surface area contributed by atoms with Crippen molar-refractivity contribution in [3.63, 3.8) is 0 Å². The second-order valence-electron chi connectivity index (χ2n) is 6.27. The summed E-state index contributed by atoms with van der Waals surface area (Å²) in [5.74, 6) is -0.120. The molecule has 0 saturated carbocycles. The van der Waals surface area contributed by atoms with Gasteiger partial charge in [0, 0.05) is 57.2 Å². The van der Waals surface area contributed by atoms with Gasteiger partial charge in [-0.2, -0.15) is 0 Å². The summed E-state index contributed by atoms with van der Waals surface area (Å²) in [4.78, 5) is 31.9. The second-order valence-corrected chi connectivity index (χ2v) is 6.27. The van der Waals surface area contributed by atoms with Gasteiger partial charge in [-0.05, 0) is 36.4 Å². The third-order valence-electron chi connectivity index (χ3n) is 4.23. The van der Waals surface area contributed by atoms with Crippen LogP contribution in [0, 0.1) is 0 Å². The molecule has 0 bridgehead atoms. The molecule has 0 atom stereocenters. The Hall–Kier alpha value is -2.93. The third-order valence-corrected chi connectivity index (χ3v) is 4.23. The highest BCUT2D eigenvalue weighted by Gasteiger charge is 2.21. The van der Waals surface area contributed by atoms with Crippen LogP contribution < -0.4 is 10.6 Å². The molecule has 3 amide bonds. The quantitative estimate of drug-likeness (QED) is 0.885. The number of hydrogen-bond donors (Lipinski definition) is 2. The first-order valence-corrected chi connectivity index (χ1v) is 8.66. The Bertz CT molecular complexity index is 740. The Morgan fingerprint density at radius 2 is 1.62 bits per heavy atom. The maximum atomic E-state index is 12.4. The number of carbonyl (C=O) groups excluding carboxylic acids is 2. The normalized spacial score (nSPS) is 14.7. The fraction of sp³-hybridized carbons (Fsp3) is 0.316. The average molecular weight is 353 g/mol. The molecule has 2 N–H and O–H groups in total. The minimum Gasteiger partial charge on any atom is -0.326 e. The minimum absolute atomic E-state index is 0.102. The zero-order valence-corrected chi connectivity index (χ0v) is 14.8. The van der Waals surface area contributed by atoms with Crippen LogP contribution in [0.3, 0.4) is 0 Å². The summed E-state index contributed by atoms with van der Waals surface area (Å²) in [6.07, 6.45) is 1.80. The van der Waals surface area contributed by atoms with Gasteiger partial charge in [-0.25, -0.2) is 4.79 Å². The van der Waals surface area contributed by atoms with Crippen molar-refractivity contribution in [2.75, 3.05) is 36.8 Å². The van der Waals surface area contributed by atoms with Crippen molar-refractivity contribution in [3.8, 4) is 0 Å². The molecule has 26 heavy (non-hydrogen) atoms. The van der Waals surface area contributed by atoms with E-state index >= 15 is 0 Å². The van der Waals surface area contributed by atoms with E-state index in [1.165, 1.54) is 6.92 Å². The molecule has 136 valence electrons. The molecule has 1 aliphatic heterocycles. The molecule has 1 aliphatic rings. The van der Waals surface area contributed by atoms with Crippen LogP contribution in [0.4, 0.5) is 16.2 Å². The van der Waals surface area contributed by atoms with Crippen LogP contribution >= 0.6 is 0 Å². The highest BCUT2D eigenvalue weighted by Crippen LogP contribution is 2.15. The zero-order chi connectivity index (χ0) is 18.4. The number of amides is 3. The summed E-state index contributed by atoms with van der Waals surface area (Å²) in [7, 11) is 0. The van der Waals surface area contributed by atoms with E-state index in [1.807, 2.05) is 23.1 Å². The van der Waals surface area contributed by atoms with Crippen LogP contribution in [0.25, 0.3) is 0 Å². The van der Waals surface area contributed by atoms with E-state index in [4.69, 9.17) is 0 Å². The number of carbonyl (C=O) groups is 2. The van der Waals surface area contributed by atoms with Crippen molar-refractivity contribution in [3.05, 3.63) is 54.4 Å². The number of pyridine rings is 1. The van der Waals surface area contributed by atoms with Gasteiger partial charge in [-0.3, -0.25) is 14.7 Å². The SMILES string of the molecule is CC(=O)Nc1ccc(NC(=O)N2CCN(Cc3ccccn3)CC2)cc1. The van der Waals surface area contributed by atoms with Crippen LogP contribution in [0.2, 0.25) is 0 Å². The molecular formula is C19H23N5O2. The Morgan fingerprint density at radius 3 is 2.19 bits per heavy atom. The molecule has 0 radical (unpaired) electrons. The summed E-state index contributed by atoms with van der Waals surface area (Å²) < 4.78 is 0. The highest BCUT2D eigenvalue weighted by atomic mass is 16.2. The van der Waals surface area contributed by atoms with Crippen molar-refractivity contribution in [1.82, 2.24) is 14.8 Å². The predicted molar refractivity (Wildman–Crippen MR) is 101 cm³/mol. The number of hydrogen-bond acceptors (Lipinski definition) is 4. The van der Waals surface area contributed by atoms with Crippen LogP contribution in [0.1, 0.15) is 12.6 Å². The molecule has 2 aromatic rings. The lowest BCUT2D eigenvalue weighted by Gasteiger charge is -2.34. The molecule has 3 rings (SSSR count). The molecular weight excluding hydrogens is 330 g/mol. The third kappa shape index (κ3) is 5.03. The van der Waals surface area contributed by atoms with E-state index in [9.17, 15) is 9.59 Å². The Kier molecular flexibility index (Phi) is 5.80. The predicted octanol–water partition coefficient (Wildman–Crippen LogP) is 2.39. The molecule has 1 aromatic carbocycles. The standard InChI is InChI=1S/C19H23N5O2/c1-15(25)21-16-5-7-17(8-6-16)22-19(26)24-12-10-23(11-13-24)14-18-4-2-3-9-20-18/h2-9H,10-14H2,1H3,(H,21,25)(H,22,26). The summed E-state index contributed by atoms with van der Waals surface area (Å²) in [6.45, 7) is 5.28. The summed E-state index contributed by atoms with van der Waals surface area (Å²) >= 11 is 0. The van der Waals surface area contributed by atoms with Crippen LogP contribution in [-0.4, -0.2) is 52.9 Å². The highest BCUT2D eigenvalue weighted by molar-refractivity contribution is 5.91. The monoisotopic (exact) mass is 353 g/mol. The number of benzene rings is 1. The van der Waals surface area contributed by atoms with Gasteiger partial charge < -0.3 is 15.5 Å². The Labute approximate surface area is 153 Å². The van der Waals surface area contributed by atoms with Crippen molar-refractivity contribution in [2.45, 2.75) is 13.5 Å². The van der Waals surface area contributed by atoms with Crippen LogP contribution in [-0.2, 0) is 11.3 Å². The van der Waals surface area contributed by atoms with E-state index in [2.05, 4.69) is 20.5 Å². The lowest BCUT2D eigenvalue weighted by Crippen LogP contribution is -2.49. The molecule has 1 fully saturated rings. The molecule has 7 nitrogen and oxygen atoms in total. The Morgan fingerprint density at radius 1 is 0.962 bits per heavy atom. The van der Waals surface area contributed by atoms with Crippen LogP contribution in [0.15, 0.2) is 48.7 Å². The number of nitrogens with one attached hydrogen (secondary N) is 2. The van der Waals surface area contributed by atoms with E-state index in [1.54, 1.807) is 30.5 Å². The number of anilines is 2. The number of rotatable bonds is 4.